The number of hydrogen-bond donors (Lipinski definition) is 5. The van der Waals surface area contributed by atoms with Gasteiger partial charge in [0, 0.05) is 47.7 Å². The first-order valence-corrected chi connectivity index (χ1v) is 24.6. The summed E-state index contributed by atoms with van der Waals surface area (Å²) >= 11 is 0. The maximum Gasteiger partial charge on any atom is 0.410 e. The maximum atomic E-state index is 13.9. The minimum absolute atomic E-state index is 0.0685. The number of nitrogens with one attached hydrogen (secondary N) is 3. The largest absolute Gasteiger partial charge is 0.506 e. The fourth-order valence-electron chi connectivity index (χ4n) is 7.45. The van der Waals surface area contributed by atoms with Crippen molar-refractivity contribution in [3.05, 3.63) is 111 Å². The minimum atomic E-state index is -2.48. The Bertz CT molecular complexity index is 2300. The molecule has 2 atom stereocenters. The number of H-pyrrole nitrogens is 1. The molecular formula is C48H64N4O10Si. The van der Waals surface area contributed by atoms with E-state index in [1.807, 2.05) is 0 Å². The van der Waals surface area contributed by atoms with E-state index >= 15 is 0 Å². The van der Waals surface area contributed by atoms with Crippen LogP contribution in [-0.4, -0.2) is 90.7 Å². The number of benzene rings is 3. The number of hydrogen-bond acceptors (Lipinski definition) is 10. The fraction of sp³-hybridized carbons (Fsp3) is 0.479. The second kappa shape index (κ2) is 20.3. The quantitative estimate of drug-likeness (QED) is 0.0392. The van der Waals surface area contributed by atoms with E-state index in [4.69, 9.17) is 13.9 Å². The number of aromatic amines is 1. The number of aromatic hydroxyl groups is 1. The number of ether oxygens (including phenoxy) is 2. The molecule has 14 nitrogen and oxygen atoms in total. The Labute approximate surface area is 370 Å². The van der Waals surface area contributed by atoms with Gasteiger partial charge in [-0.05, 0) is 113 Å². The molecule has 340 valence electrons. The number of pyridine rings is 1. The Kier molecular flexibility index (Phi) is 15.7. The van der Waals surface area contributed by atoms with Crippen molar-refractivity contribution in [2.45, 2.75) is 109 Å². The summed E-state index contributed by atoms with van der Waals surface area (Å²) in [5.41, 5.74) is -1.82. The number of phenolic OH excluding ortho intramolecular Hbond substituents is 1. The summed E-state index contributed by atoms with van der Waals surface area (Å²) in [6.45, 7) is 18.1. The molecule has 1 unspecified atom stereocenters. The summed E-state index contributed by atoms with van der Waals surface area (Å²) in [7, 11) is -2.48. The van der Waals surface area contributed by atoms with E-state index < -0.39 is 49.6 Å². The number of amides is 2. The average Bonchev–Trinajstić information content (AvgIpc) is 3.21. The molecule has 1 aromatic heterocycles. The van der Waals surface area contributed by atoms with Crippen LogP contribution in [0.1, 0.15) is 107 Å². The first kappa shape index (κ1) is 48.5. The van der Waals surface area contributed by atoms with Gasteiger partial charge in [0.05, 0.1) is 18.2 Å². The number of phenols is 1. The van der Waals surface area contributed by atoms with Gasteiger partial charge in [0.25, 0.3) is 11.5 Å². The maximum absolute atomic E-state index is 13.9. The highest BCUT2D eigenvalue weighted by molar-refractivity contribution is 6.74. The molecule has 3 aromatic carbocycles. The van der Waals surface area contributed by atoms with Crippen molar-refractivity contribution in [2.24, 2.45) is 5.92 Å². The second-order valence-electron chi connectivity index (χ2n) is 18.8. The second-order valence-corrected chi connectivity index (χ2v) is 23.6. The Hall–Kier alpha value is -5.51. The van der Waals surface area contributed by atoms with Gasteiger partial charge in [0.15, 0.2) is 8.32 Å². The van der Waals surface area contributed by atoms with Crippen molar-refractivity contribution < 1.29 is 43.3 Å². The van der Waals surface area contributed by atoms with Crippen LogP contribution in [0.15, 0.2) is 83.7 Å². The van der Waals surface area contributed by atoms with Crippen LogP contribution in [0.3, 0.4) is 0 Å². The average molecular weight is 885 g/mol. The Balaban J connectivity index is 1.33. The summed E-state index contributed by atoms with van der Waals surface area (Å²) in [4.78, 5) is 70.8. The molecule has 0 radical (unpaired) electrons. The monoisotopic (exact) mass is 884 g/mol. The molecule has 5 N–H and O–H groups in total. The molecule has 0 aliphatic carbocycles. The van der Waals surface area contributed by atoms with Crippen LogP contribution in [0.5, 0.6) is 5.75 Å². The first-order chi connectivity index (χ1) is 29.6. The lowest BCUT2D eigenvalue weighted by atomic mass is 9.85. The third-order valence-corrected chi connectivity index (χ3v) is 16.4. The molecule has 2 heterocycles. The third-order valence-electron chi connectivity index (χ3n) is 11.9. The van der Waals surface area contributed by atoms with Crippen LogP contribution in [0, 0.1) is 5.92 Å². The van der Waals surface area contributed by atoms with Gasteiger partial charge in [0.1, 0.15) is 11.4 Å². The topological polar surface area (TPSA) is 197 Å². The summed E-state index contributed by atoms with van der Waals surface area (Å²) in [5.74, 6) is -2.48. The number of carboxylic acids is 1. The van der Waals surface area contributed by atoms with Crippen molar-refractivity contribution in [2.75, 3.05) is 32.7 Å². The predicted molar refractivity (Wildman–Crippen MR) is 244 cm³/mol. The number of nitrogens with zero attached hydrogens (tertiary/aromatic N) is 1. The molecule has 4 aromatic rings. The predicted octanol–water partition coefficient (Wildman–Crippen LogP) is 8.01. The van der Waals surface area contributed by atoms with Crippen LogP contribution < -0.4 is 16.2 Å². The van der Waals surface area contributed by atoms with Crippen molar-refractivity contribution >= 4 is 43.2 Å². The Morgan fingerprint density at radius 3 is 2.21 bits per heavy atom. The van der Waals surface area contributed by atoms with E-state index in [1.165, 1.54) is 18.2 Å². The number of fused-ring (bicyclic) bond motifs is 1. The molecule has 5 rings (SSSR count). The van der Waals surface area contributed by atoms with E-state index in [9.17, 15) is 34.2 Å². The number of esters is 1. The van der Waals surface area contributed by atoms with E-state index in [-0.39, 0.29) is 70.5 Å². The zero-order valence-electron chi connectivity index (χ0n) is 37.8. The Morgan fingerprint density at radius 1 is 0.873 bits per heavy atom. The SMILES string of the molecule is CC(C)(C)OC(=O)N(CCCCNC(=O)c1cccc(C(OC(=O)CC2CCNCC2)(C(=O)O)c2ccccc2)c1)C[C@H](O[Si](C)(C)C(C)(C)C)c1ccc(O)c2[nH]c(=O)ccc12. The molecule has 0 saturated carbocycles. The summed E-state index contributed by atoms with van der Waals surface area (Å²) in [6.07, 6.45) is 1.39. The van der Waals surface area contributed by atoms with Gasteiger partial charge >= 0.3 is 18.0 Å². The lowest BCUT2D eigenvalue weighted by Crippen LogP contribution is -2.46. The molecule has 63 heavy (non-hydrogen) atoms. The number of rotatable bonds is 17. The molecule has 0 spiro atoms. The summed E-state index contributed by atoms with van der Waals surface area (Å²) < 4.78 is 18.8. The van der Waals surface area contributed by atoms with Crippen LogP contribution in [-0.2, 0) is 29.1 Å². The van der Waals surface area contributed by atoms with Crippen LogP contribution >= 0.6 is 0 Å². The van der Waals surface area contributed by atoms with Crippen molar-refractivity contribution in [3.8, 4) is 5.75 Å². The number of unbranched alkanes of at least 4 members (excludes halogenated alkanes) is 1. The molecule has 2 amide bonds. The number of piperidine rings is 1. The highest BCUT2D eigenvalue weighted by Gasteiger charge is 2.47. The summed E-state index contributed by atoms with van der Waals surface area (Å²) in [6, 6.07) is 20.7. The number of carbonyl (C=O) groups is 4. The van der Waals surface area contributed by atoms with Gasteiger partial charge in [-0.25, -0.2) is 9.59 Å². The Morgan fingerprint density at radius 2 is 1.56 bits per heavy atom. The lowest BCUT2D eigenvalue weighted by molar-refractivity contribution is -0.175. The van der Waals surface area contributed by atoms with Gasteiger partial charge in [-0.15, -0.1) is 0 Å². The first-order valence-electron chi connectivity index (χ1n) is 21.7. The van der Waals surface area contributed by atoms with Gasteiger partial charge < -0.3 is 44.6 Å². The lowest BCUT2D eigenvalue weighted by Gasteiger charge is -2.41. The highest BCUT2D eigenvalue weighted by Crippen LogP contribution is 2.42. The standard InChI is InChI=1S/C48H64N4O10Si/c1-46(2,3)61-45(59)52(31-39(62-63(7,8)47(4,5)6)36-19-21-38(53)42-37(36)20-22-40(54)51-42)28-13-12-25-50-43(56)33-15-14-18-35(30-33)48(44(57)58,34-16-10-9-11-17-34)60-41(55)29-32-23-26-49-27-24-32/h9-11,14-22,30,32,39,49,53H,12-13,23-29,31H2,1-8H3,(H,50,56)(H,51,54)(H,57,58)/t39-,48?/m0/s1. The van der Waals surface area contributed by atoms with E-state index in [1.54, 1.807) is 86.3 Å². The normalized spacial score (nSPS) is 15.2. The van der Waals surface area contributed by atoms with Gasteiger partial charge in [-0.1, -0.05) is 69.3 Å². The smallest absolute Gasteiger partial charge is 0.410 e. The van der Waals surface area contributed by atoms with Crippen molar-refractivity contribution in [1.82, 2.24) is 20.5 Å². The highest BCUT2D eigenvalue weighted by atomic mass is 28.4. The minimum Gasteiger partial charge on any atom is -0.506 e. The van der Waals surface area contributed by atoms with Gasteiger partial charge in [0.2, 0.25) is 5.56 Å². The number of aromatic nitrogens is 1. The molecule has 1 aliphatic heterocycles. The van der Waals surface area contributed by atoms with E-state index in [2.05, 4.69) is 49.5 Å². The third kappa shape index (κ3) is 12.4. The van der Waals surface area contributed by atoms with Crippen LogP contribution in [0.25, 0.3) is 10.9 Å². The zero-order valence-corrected chi connectivity index (χ0v) is 38.8. The number of carboxylic acid groups (broad SMARTS) is 1. The van der Waals surface area contributed by atoms with Crippen LogP contribution in [0.2, 0.25) is 18.1 Å². The van der Waals surface area contributed by atoms with Crippen molar-refractivity contribution in [3.63, 3.8) is 0 Å². The van der Waals surface area contributed by atoms with Crippen LogP contribution in [0.4, 0.5) is 4.79 Å². The summed E-state index contributed by atoms with van der Waals surface area (Å²) in [5, 5.41) is 28.1. The molecule has 1 saturated heterocycles. The van der Waals surface area contributed by atoms with E-state index in [0.717, 1.165) is 25.9 Å². The molecule has 1 aliphatic rings. The molecule has 1 fully saturated rings. The van der Waals surface area contributed by atoms with Gasteiger partial charge in [-0.3, -0.25) is 14.4 Å². The van der Waals surface area contributed by atoms with Crippen molar-refractivity contribution in [1.29, 1.82) is 0 Å². The molecule has 0 bridgehead atoms. The van der Waals surface area contributed by atoms with E-state index in [0.29, 0.717) is 23.8 Å². The van der Waals surface area contributed by atoms with Gasteiger partial charge in [-0.2, -0.15) is 0 Å². The molecular weight excluding hydrogens is 821 g/mol. The molecule has 15 heteroatoms. The number of aliphatic carboxylic acids is 1. The fourth-order valence-corrected chi connectivity index (χ4v) is 8.71. The zero-order chi connectivity index (χ0) is 46.2. The number of carbonyl (C=O) groups excluding carboxylic acids is 3.